The van der Waals surface area contributed by atoms with Crippen molar-refractivity contribution in [2.45, 2.75) is 0 Å². The van der Waals surface area contributed by atoms with Crippen LogP contribution in [0.3, 0.4) is 0 Å². The van der Waals surface area contributed by atoms with E-state index < -0.39 is 7.32 Å². The van der Waals surface area contributed by atoms with Crippen LogP contribution in [0.4, 0.5) is 0 Å². The standard InChI is InChI=1S/CH2BNO3.K.H/c3-1-6-2(4)5;;/h4-5H;;. The second kappa shape index (κ2) is 6.91. The molecule has 0 bridgehead atoms. The predicted octanol–water partition coefficient (Wildman–Crippen LogP) is -2.19. The molecule has 4 nitrogen and oxygen atoms in total. The molecule has 0 amide bonds. The van der Waals surface area contributed by atoms with Gasteiger partial charge in [-0.1, -0.05) is 0 Å². The molecule has 0 aliphatic carbocycles. The molecule has 0 rings (SSSR count). The van der Waals surface area contributed by atoms with E-state index in [1.54, 1.807) is 0 Å². The van der Waals surface area contributed by atoms with E-state index in [-0.39, 0.29) is 51.4 Å². The van der Waals surface area contributed by atoms with E-state index in [0.29, 0.717) is 0 Å². The van der Waals surface area contributed by atoms with E-state index in [4.69, 9.17) is 15.3 Å². The second-order valence-corrected chi connectivity index (χ2v) is 0.535. The fourth-order valence-electron chi connectivity index (χ4n) is 0.0471. The molecule has 0 aromatic carbocycles. The Morgan fingerprint density at radius 2 is 2.00 bits per heavy atom. The first-order chi connectivity index (χ1) is 2.77. The fourth-order valence-corrected chi connectivity index (χ4v) is 0.0471. The van der Waals surface area contributed by atoms with Gasteiger partial charge in [0.25, 0.3) is 6.26 Å². The minimum absolute atomic E-state index is 0. The first-order valence-electron chi connectivity index (χ1n) is 1.18. The van der Waals surface area contributed by atoms with Crippen molar-refractivity contribution < 1.29 is 14.7 Å². The van der Waals surface area contributed by atoms with Crippen molar-refractivity contribution in [2.24, 2.45) is 0 Å². The summed E-state index contributed by atoms with van der Waals surface area (Å²) < 4.78 is 3.46. The molecule has 0 saturated heterocycles. The summed E-state index contributed by atoms with van der Waals surface area (Å²) in [5.74, 6) is 0. The van der Waals surface area contributed by atoms with E-state index in [1.807, 2.05) is 0 Å². The molecule has 0 atom stereocenters. The van der Waals surface area contributed by atoms with Crippen molar-refractivity contribution >= 4 is 58.7 Å². The Morgan fingerprint density at radius 3 is 2.00 bits per heavy atom. The van der Waals surface area contributed by atoms with E-state index >= 15 is 0 Å². The predicted molar refractivity (Wildman–Crippen MR) is 24.0 cm³/mol. The van der Waals surface area contributed by atoms with Crippen LogP contribution in [0.2, 0.25) is 0 Å². The number of hydrogen-bond acceptors (Lipinski definition) is 4. The third-order valence-corrected chi connectivity index (χ3v) is 0.158. The minimum atomic E-state index is -1.96. The van der Waals surface area contributed by atoms with Crippen LogP contribution >= 0.6 is 0 Å². The Balaban J connectivity index is 0. The van der Waals surface area contributed by atoms with Crippen molar-refractivity contribution in [3.05, 3.63) is 0 Å². The van der Waals surface area contributed by atoms with Gasteiger partial charge in [0.1, 0.15) is 0 Å². The zero-order chi connectivity index (χ0) is 4.99. The average Bonchev–Trinajstić information content (AvgIpc) is 1.35. The second-order valence-electron chi connectivity index (χ2n) is 0.535. The third kappa shape index (κ3) is 10.9. The molecule has 0 spiro atoms. The van der Waals surface area contributed by atoms with Crippen molar-refractivity contribution in [1.82, 2.24) is 0 Å². The van der Waals surface area contributed by atoms with Gasteiger partial charge in [-0.15, -0.1) is 0 Å². The Kier molecular flexibility index (Phi) is 10.7. The van der Waals surface area contributed by atoms with Gasteiger partial charge in [-0.2, -0.15) is 5.26 Å². The summed E-state index contributed by atoms with van der Waals surface area (Å²) >= 11 is 0. The molecule has 2 N–H and O–H groups in total. The molecule has 0 heterocycles. The maximum absolute atomic E-state index is 7.66. The average molecular weight is 127 g/mol. The molecular weight excluding hydrogens is 124 g/mol. The van der Waals surface area contributed by atoms with Crippen LogP contribution in [-0.2, 0) is 4.65 Å². The van der Waals surface area contributed by atoms with Gasteiger partial charge in [0, 0.05) is 0 Å². The summed E-state index contributed by atoms with van der Waals surface area (Å²) in [6.07, 6.45) is 1.07. The first-order valence-corrected chi connectivity index (χ1v) is 1.18. The molecule has 0 radical (unpaired) electrons. The molecule has 7 heavy (non-hydrogen) atoms. The Bertz CT molecular complexity index is 69.8. The topological polar surface area (TPSA) is 73.5 Å². The van der Waals surface area contributed by atoms with Crippen LogP contribution in [0, 0.1) is 11.5 Å². The van der Waals surface area contributed by atoms with Gasteiger partial charge in [0.15, 0.2) is 0 Å². The number of nitrogens with zero attached hydrogens (tertiary/aromatic N) is 1. The number of hydrogen-bond donors (Lipinski definition) is 2. The normalized spacial score (nSPS) is 5.29. The molecule has 0 aromatic heterocycles. The van der Waals surface area contributed by atoms with E-state index in [9.17, 15) is 0 Å². The van der Waals surface area contributed by atoms with Crippen molar-refractivity contribution in [2.75, 3.05) is 0 Å². The van der Waals surface area contributed by atoms with Gasteiger partial charge < -0.3 is 14.7 Å². The third-order valence-electron chi connectivity index (χ3n) is 0.158. The van der Waals surface area contributed by atoms with E-state index in [1.165, 1.54) is 0 Å². The number of rotatable bonds is 1. The summed E-state index contributed by atoms with van der Waals surface area (Å²) in [7, 11) is -1.96. The van der Waals surface area contributed by atoms with Gasteiger partial charge in [-0.25, -0.2) is 0 Å². The Labute approximate surface area is 83.7 Å². The van der Waals surface area contributed by atoms with Crippen LogP contribution in [0.1, 0.15) is 0 Å². The number of nitriles is 1. The quantitative estimate of drug-likeness (QED) is 0.309. The van der Waals surface area contributed by atoms with Gasteiger partial charge in [0.2, 0.25) is 0 Å². The van der Waals surface area contributed by atoms with Crippen LogP contribution in [0.25, 0.3) is 0 Å². The van der Waals surface area contributed by atoms with Gasteiger partial charge in [-0.05, 0) is 0 Å². The van der Waals surface area contributed by atoms with Crippen molar-refractivity contribution in [3.8, 4) is 6.26 Å². The molecule has 0 aliphatic rings. The summed E-state index contributed by atoms with van der Waals surface area (Å²) in [6.45, 7) is 0. The SMILES string of the molecule is N#COB(O)O.[KH]. The molecule has 6 heteroatoms. The van der Waals surface area contributed by atoms with Crippen LogP contribution in [-0.4, -0.2) is 68.8 Å². The van der Waals surface area contributed by atoms with Crippen LogP contribution in [0.5, 0.6) is 0 Å². The van der Waals surface area contributed by atoms with E-state index in [2.05, 4.69) is 4.65 Å². The zero-order valence-corrected chi connectivity index (χ0v) is 2.83. The maximum atomic E-state index is 7.66. The molecule has 0 unspecified atom stereocenters. The van der Waals surface area contributed by atoms with Gasteiger partial charge >= 0.3 is 58.7 Å². The monoisotopic (exact) mass is 127 g/mol. The van der Waals surface area contributed by atoms with Gasteiger partial charge in [0.05, 0.1) is 0 Å². The zero-order valence-electron chi connectivity index (χ0n) is 2.83. The Morgan fingerprint density at radius 1 is 1.57 bits per heavy atom. The van der Waals surface area contributed by atoms with Gasteiger partial charge in [-0.3, -0.25) is 0 Å². The van der Waals surface area contributed by atoms with Crippen molar-refractivity contribution in [3.63, 3.8) is 0 Å². The van der Waals surface area contributed by atoms with Crippen LogP contribution < -0.4 is 0 Å². The summed E-state index contributed by atoms with van der Waals surface area (Å²) in [4.78, 5) is 0. The fraction of sp³-hybridized carbons (Fsp3) is 0. The summed E-state index contributed by atoms with van der Waals surface area (Å²) in [5, 5.41) is 22.8. The molecular formula is CH3BKNO3. The molecule has 0 saturated carbocycles. The molecule has 0 fully saturated rings. The molecule has 0 aromatic rings. The van der Waals surface area contributed by atoms with Crippen LogP contribution in [0.15, 0.2) is 0 Å². The summed E-state index contributed by atoms with van der Waals surface area (Å²) in [5.41, 5.74) is 0. The first kappa shape index (κ1) is 10.8. The Hall–Kier alpha value is 0.911. The van der Waals surface area contributed by atoms with Crippen molar-refractivity contribution in [1.29, 1.82) is 5.26 Å². The van der Waals surface area contributed by atoms with E-state index in [0.717, 1.165) is 6.26 Å². The summed E-state index contributed by atoms with van der Waals surface area (Å²) in [6, 6.07) is 0. The molecule has 34 valence electrons. The molecule has 0 aliphatic heterocycles.